The van der Waals surface area contributed by atoms with E-state index in [9.17, 15) is 0 Å². The number of thioether (sulfide) groups is 1. The highest BCUT2D eigenvalue weighted by Gasteiger charge is 2.14. The van der Waals surface area contributed by atoms with Crippen LogP contribution in [-0.4, -0.2) is 30.3 Å². The van der Waals surface area contributed by atoms with Crippen molar-refractivity contribution < 1.29 is 8.94 Å². The molecule has 3 heterocycles. The zero-order chi connectivity index (χ0) is 16.4. The second kappa shape index (κ2) is 6.28. The van der Waals surface area contributed by atoms with Crippen molar-refractivity contribution >= 4 is 11.8 Å². The van der Waals surface area contributed by atoms with Crippen LogP contribution >= 0.6 is 11.8 Å². The topological polar surface area (TPSA) is 95.7 Å². The Morgan fingerprint density at radius 1 is 1.17 bits per heavy atom. The quantitative estimate of drug-likeness (QED) is 0.512. The summed E-state index contributed by atoms with van der Waals surface area (Å²) in [7, 11) is 0. The van der Waals surface area contributed by atoms with Crippen LogP contribution in [0.2, 0.25) is 0 Å². The van der Waals surface area contributed by atoms with Crippen LogP contribution in [0, 0.1) is 6.92 Å². The van der Waals surface area contributed by atoms with E-state index in [-0.39, 0.29) is 0 Å². The second-order valence-corrected chi connectivity index (χ2v) is 5.93. The first-order valence-corrected chi connectivity index (χ1v) is 8.13. The van der Waals surface area contributed by atoms with Crippen molar-refractivity contribution in [3.05, 3.63) is 54.1 Å². The van der Waals surface area contributed by atoms with E-state index in [1.165, 1.54) is 17.3 Å². The summed E-state index contributed by atoms with van der Waals surface area (Å²) in [6, 6.07) is 11.5. The Bertz CT molecular complexity index is 929. The highest BCUT2D eigenvalue weighted by atomic mass is 32.2. The summed E-state index contributed by atoms with van der Waals surface area (Å²) in [6.07, 6.45) is 1.57. The molecule has 0 unspecified atom stereocenters. The van der Waals surface area contributed by atoms with Gasteiger partial charge < -0.3 is 8.94 Å². The fraction of sp³-hybridized carbons (Fsp3) is 0.133. The first-order chi connectivity index (χ1) is 11.8. The third kappa shape index (κ3) is 2.93. The Morgan fingerprint density at radius 2 is 2.04 bits per heavy atom. The highest BCUT2D eigenvalue weighted by molar-refractivity contribution is 7.98. The zero-order valence-corrected chi connectivity index (χ0v) is 13.5. The second-order valence-electron chi connectivity index (χ2n) is 4.99. The molecule has 0 fully saturated rings. The van der Waals surface area contributed by atoms with E-state index in [1.807, 2.05) is 31.2 Å². The van der Waals surface area contributed by atoms with Crippen LogP contribution in [-0.2, 0) is 5.75 Å². The van der Waals surface area contributed by atoms with Gasteiger partial charge in [0.25, 0.3) is 0 Å². The molecule has 3 aromatic heterocycles. The smallest absolute Gasteiger partial charge is 0.238 e. The van der Waals surface area contributed by atoms with Crippen LogP contribution in [0.5, 0.6) is 0 Å². The number of hydrogen-bond donors (Lipinski definition) is 0. The molecule has 120 valence electrons. The van der Waals surface area contributed by atoms with Gasteiger partial charge in [-0.15, -0.1) is 5.10 Å². The molecule has 0 aliphatic rings. The monoisotopic (exact) mass is 340 g/mol. The molecule has 0 aliphatic carbocycles. The minimum absolute atomic E-state index is 0.425. The van der Waals surface area contributed by atoms with Gasteiger partial charge in [0.05, 0.1) is 17.7 Å². The molecular weight excluding hydrogens is 328 g/mol. The molecule has 0 radical (unpaired) electrons. The lowest BCUT2D eigenvalue weighted by molar-refractivity contribution is 0.390. The first-order valence-electron chi connectivity index (χ1n) is 7.14. The van der Waals surface area contributed by atoms with Gasteiger partial charge in [0, 0.05) is 0 Å². The van der Waals surface area contributed by atoms with Gasteiger partial charge in [0.15, 0.2) is 5.76 Å². The largest absolute Gasteiger partial charge is 0.461 e. The number of benzene rings is 1. The van der Waals surface area contributed by atoms with Crippen molar-refractivity contribution in [3.8, 4) is 17.3 Å². The normalized spacial score (nSPS) is 11.0. The first kappa shape index (κ1) is 14.6. The fourth-order valence-electron chi connectivity index (χ4n) is 2.06. The van der Waals surface area contributed by atoms with Crippen molar-refractivity contribution in [3.63, 3.8) is 0 Å². The maximum atomic E-state index is 5.24. The van der Waals surface area contributed by atoms with Gasteiger partial charge in [-0.25, -0.2) is 0 Å². The minimum atomic E-state index is 0.425. The van der Waals surface area contributed by atoms with Crippen LogP contribution in [0.15, 0.2) is 56.8 Å². The molecule has 0 saturated carbocycles. The molecule has 0 bridgehead atoms. The van der Waals surface area contributed by atoms with E-state index >= 15 is 0 Å². The molecular formula is C15H12N6O2S. The maximum absolute atomic E-state index is 5.24. The van der Waals surface area contributed by atoms with E-state index in [0.717, 1.165) is 5.69 Å². The minimum Gasteiger partial charge on any atom is -0.461 e. The SMILES string of the molecule is Cc1ccc(-n2nnnc2SCc2nc(-c3ccco3)no2)cc1. The average Bonchev–Trinajstić information content (AvgIpc) is 3.34. The molecule has 1 aromatic carbocycles. The Labute approximate surface area is 140 Å². The summed E-state index contributed by atoms with van der Waals surface area (Å²) < 4.78 is 12.1. The number of hydrogen-bond acceptors (Lipinski definition) is 8. The molecule has 0 amide bonds. The Morgan fingerprint density at radius 3 is 2.83 bits per heavy atom. The number of nitrogens with zero attached hydrogens (tertiary/aromatic N) is 6. The molecule has 0 N–H and O–H groups in total. The van der Waals surface area contributed by atoms with Crippen molar-refractivity contribution in [2.45, 2.75) is 17.8 Å². The van der Waals surface area contributed by atoms with Crippen molar-refractivity contribution in [1.29, 1.82) is 0 Å². The Kier molecular flexibility index (Phi) is 3.83. The van der Waals surface area contributed by atoms with Gasteiger partial charge >= 0.3 is 0 Å². The molecule has 0 atom stereocenters. The van der Waals surface area contributed by atoms with Crippen LogP contribution in [0.3, 0.4) is 0 Å². The van der Waals surface area contributed by atoms with Gasteiger partial charge in [-0.05, 0) is 41.6 Å². The summed E-state index contributed by atoms with van der Waals surface area (Å²) in [5.41, 5.74) is 2.08. The third-order valence-electron chi connectivity index (χ3n) is 3.25. The molecule has 24 heavy (non-hydrogen) atoms. The fourth-order valence-corrected chi connectivity index (χ4v) is 2.79. The molecule has 4 aromatic rings. The van der Waals surface area contributed by atoms with E-state index < -0.39 is 0 Å². The summed E-state index contributed by atoms with van der Waals surface area (Å²) in [4.78, 5) is 4.30. The zero-order valence-electron chi connectivity index (χ0n) is 12.7. The molecule has 8 nitrogen and oxygen atoms in total. The van der Waals surface area contributed by atoms with Crippen LogP contribution in [0.25, 0.3) is 17.3 Å². The van der Waals surface area contributed by atoms with E-state index in [1.54, 1.807) is 23.1 Å². The average molecular weight is 340 g/mol. The maximum Gasteiger partial charge on any atom is 0.238 e. The number of tetrazole rings is 1. The van der Waals surface area contributed by atoms with Crippen LogP contribution in [0.4, 0.5) is 0 Å². The van der Waals surface area contributed by atoms with Crippen LogP contribution < -0.4 is 0 Å². The van der Waals surface area contributed by atoms with E-state index in [0.29, 0.717) is 28.4 Å². The van der Waals surface area contributed by atoms with E-state index in [4.69, 9.17) is 8.94 Å². The summed E-state index contributed by atoms with van der Waals surface area (Å²) in [6.45, 7) is 2.03. The van der Waals surface area contributed by atoms with Gasteiger partial charge in [0.1, 0.15) is 0 Å². The molecule has 4 rings (SSSR count). The Hall–Kier alpha value is -2.94. The number of rotatable bonds is 5. The lowest BCUT2D eigenvalue weighted by atomic mass is 10.2. The number of aromatic nitrogens is 6. The third-order valence-corrected chi connectivity index (χ3v) is 4.16. The predicted octanol–water partition coefficient (Wildman–Crippen LogP) is 2.91. The molecule has 0 saturated heterocycles. The number of aryl methyl sites for hydroxylation is 1. The summed E-state index contributed by atoms with van der Waals surface area (Å²) >= 11 is 1.42. The Balaban J connectivity index is 1.49. The van der Waals surface area contributed by atoms with Crippen molar-refractivity contribution in [2.75, 3.05) is 0 Å². The summed E-state index contributed by atoms with van der Waals surface area (Å²) in [5.74, 6) is 1.93. The van der Waals surface area contributed by atoms with Gasteiger partial charge in [-0.1, -0.05) is 34.6 Å². The predicted molar refractivity (Wildman–Crippen MR) is 85.5 cm³/mol. The standard InChI is InChI=1S/C15H12N6O2S/c1-10-4-6-11(7-5-10)21-15(17-19-20-21)24-9-13-16-14(18-23-13)12-3-2-8-22-12/h2-8H,9H2,1H3. The van der Waals surface area contributed by atoms with Crippen molar-refractivity contribution in [1.82, 2.24) is 30.3 Å². The van der Waals surface area contributed by atoms with E-state index in [2.05, 4.69) is 25.7 Å². The van der Waals surface area contributed by atoms with Crippen LogP contribution in [0.1, 0.15) is 11.5 Å². The van der Waals surface area contributed by atoms with Crippen molar-refractivity contribution in [2.24, 2.45) is 0 Å². The molecule has 9 heteroatoms. The molecule has 0 spiro atoms. The summed E-state index contributed by atoms with van der Waals surface area (Å²) in [5, 5.41) is 16.4. The lowest BCUT2D eigenvalue weighted by Crippen LogP contribution is -1.99. The van der Waals surface area contributed by atoms with Gasteiger partial charge in [-0.2, -0.15) is 9.67 Å². The van der Waals surface area contributed by atoms with Gasteiger partial charge in [-0.3, -0.25) is 0 Å². The number of furan rings is 1. The van der Waals surface area contributed by atoms with Gasteiger partial charge in [0.2, 0.25) is 16.9 Å². The highest BCUT2D eigenvalue weighted by Crippen LogP contribution is 2.23. The lowest BCUT2D eigenvalue weighted by Gasteiger charge is -2.03. The molecule has 0 aliphatic heterocycles.